The molecule has 0 spiro atoms. The summed E-state index contributed by atoms with van der Waals surface area (Å²) in [5.74, 6) is 0.561. The second kappa shape index (κ2) is 9.50. The summed E-state index contributed by atoms with van der Waals surface area (Å²) < 4.78 is 10.6. The van der Waals surface area contributed by atoms with Crippen molar-refractivity contribution in [2.24, 2.45) is 4.99 Å². The lowest BCUT2D eigenvalue weighted by Crippen LogP contribution is -2.05. The number of nitrogens with zero attached hydrogens (tertiary/aromatic N) is 1. The molecule has 0 atom stereocenters. The minimum Gasteiger partial charge on any atom is -0.494 e. The van der Waals surface area contributed by atoms with Crippen LogP contribution >= 0.6 is 0 Å². The van der Waals surface area contributed by atoms with Crippen LogP contribution < -0.4 is 4.74 Å². The summed E-state index contributed by atoms with van der Waals surface area (Å²) in [5, 5.41) is 0. The monoisotopic (exact) mass is 325 g/mol. The summed E-state index contributed by atoms with van der Waals surface area (Å²) in [6, 6.07) is 14.8. The lowest BCUT2D eigenvalue weighted by molar-refractivity contribution is 0.0500. The highest BCUT2D eigenvalue weighted by Crippen LogP contribution is 2.15. The van der Waals surface area contributed by atoms with Crippen LogP contribution in [0, 0.1) is 0 Å². The molecule has 0 saturated carbocycles. The van der Waals surface area contributed by atoms with E-state index in [9.17, 15) is 4.79 Å². The fraction of sp³-hybridized carbons (Fsp3) is 0.300. The number of rotatable bonds is 8. The molecule has 126 valence electrons. The summed E-state index contributed by atoms with van der Waals surface area (Å²) in [6.07, 6.45) is 3.67. The smallest absolute Gasteiger partial charge is 0.338 e. The van der Waals surface area contributed by atoms with Crippen LogP contribution in [0.1, 0.15) is 42.6 Å². The van der Waals surface area contributed by atoms with Crippen LogP contribution in [0.4, 0.5) is 5.69 Å². The standard InChI is InChI=1S/C20H23NO3/c1-3-5-14-24-20(22)17-8-10-18(11-9-17)21-15-16-6-12-19(13-7-16)23-4-2/h6-13,15H,3-5,14H2,1-2H3. The van der Waals surface area contributed by atoms with Crippen molar-refractivity contribution in [3.63, 3.8) is 0 Å². The molecule has 0 bridgehead atoms. The van der Waals surface area contributed by atoms with Gasteiger partial charge in [0.15, 0.2) is 0 Å². The molecule has 0 radical (unpaired) electrons. The van der Waals surface area contributed by atoms with Gasteiger partial charge in [-0.15, -0.1) is 0 Å². The molecule has 0 aliphatic heterocycles. The number of carbonyl (C=O) groups is 1. The molecule has 0 fully saturated rings. The summed E-state index contributed by atoms with van der Waals surface area (Å²) >= 11 is 0. The van der Waals surface area contributed by atoms with E-state index in [4.69, 9.17) is 9.47 Å². The first-order valence-electron chi connectivity index (χ1n) is 8.27. The van der Waals surface area contributed by atoms with Gasteiger partial charge in [0.25, 0.3) is 0 Å². The number of esters is 1. The zero-order valence-corrected chi connectivity index (χ0v) is 14.2. The number of aliphatic imine (C=N–C) groups is 1. The second-order valence-corrected chi connectivity index (χ2v) is 5.30. The minimum atomic E-state index is -0.287. The Bertz CT molecular complexity index is 660. The Morgan fingerprint density at radius 2 is 1.75 bits per heavy atom. The van der Waals surface area contributed by atoms with Crippen LogP contribution in [-0.2, 0) is 4.74 Å². The topological polar surface area (TPSA) is 47.9 Å². The maximum atomic E-state index is 11.8. The molecule has 0 unspecified atom stereocenters. The van der Waals surface area contributed by atoms with Gasteiger partial charge in [0.05, 0.1) is 24.5 Å². The van der Waals surface area contributed by atoms with E-state index >= 15 is 0 Å². The SMILES string of the molecule is CCCCOC(=O)c1ccc(N=Cc2ccc(OCC)cc2)cc1. The van der Waals surface area contributed by atoms with E-state index in [1.165, 1.54) is 0 Å². The molecule has 0 aliphatic rings. The molecule has 2 rings (SSSR count). The number of ether oxygens (including phenoxy) is 2. The van der Waals surface area contributed by atoms with Gasteiger partial charge in [-0.25, -0.2) is 4.79 Å². The Morgan fingerprint density at radius 1 is 1.04 bits per heavy atom. The third-order valence-electron chi connectivity index (χ3n) is 3.39. The van der Waals surface area contributed by atoms with Crippen LogP contribution in [-0.4, -0.2) is 25.4 Å². The number of carbonyl (C=O) groups excluding carboxylic acids is 1. The first kappa shape index (κ1) is 17.7. The van der Waals surface area contributed by atoms with Crippen molar-refractivity contribution in [2.75, 3.05) is 13.2 Å². The summed E-state index contributed by atoms with van der Waals surface area (Å²) in [7, 11) is 0. The summed E-state index contributed by atoms with van der Waals surface area (Å²) in [6.45, 7) is 5.14. The van der Waals surface area contributed by atoms with E-state index in [1.54, 1.807) is 18.3 Å². The van der Waals surface area contributed by atoms with Gasteiger partial charge in [0.1, 0.15) is 5.75 Å². The Labute approximate surface area is 143 Å². The number of benzene rings is 2. The first-order valence-corrected chi connectivity index (χ1v) is 8.27. The molecule has 0 N–H and O–H groups in total. The molecule has 0 amide bonds. The Morgan fingerprint density at radius 3 is 2.38 bits per heavy atom. The molecule has 24 heavy (non-hydrogen) atoms. The lowest BCUT2D eigenvalue weighted by atomic mass is 10.2. The summed E-state index contributed by atoms with van der Waals surface area (Å²) in [5.41, 5.74) is 2.32. The molecular weight excluding hydrogens is 302 g/mol. The third-order valence-corrected chi connectivity index (χ3v) is 3.39. The van der Waals surface area contributed by atoms with Crippen molar-refractivity contribution in [3.05, 3.63) is 59.7 Å². The molecule has 2 aromatic rings. The van der Waals surface area contributed by atoms with Crippen molar-refractivity contribution in [1.29, 1.82) is 0 Å². The second-order valence-electron chi connectivity index (χ2n) is 5.30. The van der Waals surface area contributed by atoms with E-state index in [-0.39, 0.29) is 5.97 Å². The van der Waals surface area contributed by atoms with Gasteiger partial charge in [0.2, 0.25) is 0 Å². The number of unbranched alkanes of at least 4 members (excludes halogenated alkanes) is 1. The molecule has 0 aromatic heterocycles. The Hall–Kier alpha value is -2.62. The highest BCUT2D eigenvalue weighted by Gasteiger charge is 2.05. The van der Waals surface area contributed by atoms with E-state index < -0.39 is 0 Å². The zero-order valence-electron chi connectivity index (χ0n) is 14.2. The predicted octanol–water partition coefficient (Wildman–Crippen LogP) is 4.79. The molecule has 2 aromatic carbocycles. The molecule has 4 nitrogen and oxygen atoms in total. The summed E-state index contributed by atoms with van der Waals surface area (Å²) in [4.78, 5) is 16.2. The highest BCUT2D eigenvalue weighted by molar-refractivity contribution is 5.90. The molecule has 4 heteroatoms. The van der Waals surface area contributed by atoms with Crippen molar-refractivity contribution in [3.8, 4) is 5.75 Å². The Balaban J connectivity index is 1.94. The van der Waals surface area contributed by atoms with E-state index in [2.05, 4.69) is 11.9 Å². The molecule has 0 heterocycles. The van der Waals surface area contributed by atoms with Crippen LogP contribution in [0.3, 0.4) is 0 Å². The normalized spacial score (nSPS) is 10.8. The average molecular weight is 325 g/mol. The van der Waals surface area contributed by atoms with Gasteiger partial charge >= 0.3 is 5.97 Å². The Kier molecular flexibility index (Phi) is 7.02. The largest absolute Gasteiger partial charge is 0.494 e. The fourth-order valence-electron chi connectivity index (χ4n) is 2.04. The highest BCUT2D eigenvalue weighted by atomic mass is 16.5. The zero-order chi connectivity index (χ0) is 17.2. The minimum absolute atomic E-state index is 0.287. The van der Waals surface area contributed by atoms with E-state index in [0.29, 0.717) is 18.8 Å². The van der Waals surface area contributed by atoms with Crippen molar-refractivity contribution in [2.45, 2.75) is 26.7 Å². The van der Waals surface area contributed by atoms with Gasteiger partial charge in [-0.3, -0.25) is 4.99 Å². The van der Waals surface area contributed by atoms with E-state index in [1.807, 2.05) is 43.3 Å². The number of hydrogen-bond donors (Lipinski definition) is 0. The third kappa shape index (κ3) is 5.54. The van der Waals surface area contributed by atoms with Crippen LogP contribution in [0.25, 0.3) is 0 Å². The fourth-order valence-corrected chi connectivity index (χ4v) is 2.04. The van der Waals surface area contributed by atoms with Gasteiger partial charge in [-0.05, 0) is 67.4 Å². The first-order chi connectivity index (χ1) is 11.7. The van der Waals surface area contributed by atoms with Gasteiger partial charge in [-0.1, -0.05) is 13.3 Å². The molecule has 0 saturated heterocycles. The molecule has 0 aliphatic carbocycles. The maximum Gasteiger partial charge on any atom is 0.338 e. The van der Waals surface area contributed by atoms with Gasteiger partial charge in [-0.2, -0.15) is 0 Å². The molecular formula is C20H23NO3. The van der Waals surface area contributed by atoms with Crippen molar-refractivity contribution >= 4 is 17.9 Å². The van der Waals surface area contributed by atoms with Crippen molar-refractivity contribution in [1.82, 2.24) is 0 Å². The average Bonchev–Trinajstić information content (AvgIpc) is 2.62. The van der Waals surface area contributed by atoms with Crippen LogP contribution in [0.2, 0.25) is 0 Å². The van der Waals surface area contributed by atoms with Gasteiger partial charge < -0.3 is 9.47 Å². The van der Waals surface area contributed by atoms with Crippen LogP contribution in [0.15, 0.2) is 53.5 Å². The van der Waals surface area contributed by atoms with E-state index in [0.717, 1.165) is 29.8 Å². The number of hydrogen-bond acceptors (Lipinski definition) is 4. The maximum absolute atomic E-state index is 11.8. The van der Waals surface area contributed by atoms with Gasteiger partial charge in [0, 0.05) is 6.21 Å². The quantitative estimate of drug-likeness (QED) is 0.398. The lowest BCUT2D eigenvalue weighted by Gasteiger charge is -2.04. The van der Waals surface area contributed by atoms with Crippen molar-refractivity contribution < 1.29 is 14.3 Å². The van der Waals surface area contributed by atoms with Crippen LogP contribution in [0.5, 0.6) is 5.75 Å². The predicted molar refractivity (Wildman–Crippen MR) is 96.5 cm³/mol.